The number of H-pyrrole nitrogens is 1. The molecule has 1 amide bonds. The molecule has 0 aliphatic carbocycles. The number of halogens is 1. The number of aromatic nitrogens is 3. The van der Waals surface area contributed by atoms with Crippen LogP contribution in [0.25, 0.3) is 5.65 Å². The standard InChI is InChI=1S/C18H19N5O2.ClH/c1-11-13(18(25)23-16(21-11)7-8-20-23)10-17(24)22-9-3-4-12-14(19)5-2-6-15(12)22;/h2,5-8,20H,3-4,9-10,19H2,1H3;1H. The maximum absolute atomic E-state index is 12.9. The number of aryl methyl sites for hydroxylation is 1. The van der Waals surface area contributed by atoms with E-state index in [1.54, 1.807) is 24.1 Å². The van der Waals surface area contributed by atoms with Crippen LogP contribution in [0.4, 0.5) is 11.4 Å². The van der Waals surface area contributed by atoms with Crippen molar-refractivity contribution >= 4 is 35.3 Å². The number of anilines is 2. The maximum Gasteiger partial charge on any atom is 0.276 e. The number of carbonyl (C=O) groups excluding carboxylic acids is 1. The van der Waals surface area contributed by atoms with Crippen molar-refractivity contribution < 1.29 is 4.79 Å². The molecule has 0 saturated heterocycles. The smallest absolute Gasteiger partial charge is 0.276 e. The number of carbonyl (C=O) groups is 1. The van der Waals surface area contributed by atoms with E-state index >= 15 is 0 Å². The number of amides is 1. The van der Waals surface area contributed by atoms with E-state index in [0.717, 1.165) is 24.1 Å². The second kappa shape index (κ2) is 6.84. The molecule has 0 spiro atoms. The number of hydrogen-bond donors (Lipinski definition) is 2. The molecule has 1 aliphatic rings. The maximum atomic E-state index is 12.9. The molecule has 1 aliphatic heterocycles. The minimum Gasteiger partial charge on any atom is -0.398 e. The third-order valence-corrected chi connectivity index (χ3v) is 4.76. The fourth-order valence-electron chi connectivity index (χ4n) is 3.47. The fraction of sp³-hybridized carbons (Fsp3) is 0.278. The highest BCUT2D eigenvalue weighted by molar-refractivity contribution is 5.96. The first-order valence-electron chi connectivity index (χ1n) is 8.29. The summed E-state index contributed by atoms with van der Waals surface area (Å²) in [5.74, 6) is -0.111. The highest BCUT2D eigenvalue weighted by atomic mass is 35.5. The Labute approximate surface area is 156 Å². The number of nitrogen functional groups attached to an aromatic ring is 1. The van der Waals surface area contributed by atoms with Crippen LogP contribution in [0.3, 0.4) is 0 Å². The lowest BCUT2D eigenvalue weighted by atomic mass is 9.99. The van der Waals surface area contributed by atoms with Crippen molar-refractivity contribution in [3.05, 3.63) is 57.6 Å². The van der Waals surface area contributed by atoms with Crippen LogP contribution in [0.5, 0.6) is 0 Å². The molecule has 0 saturated carbocycles. The van der Waals surface area contributed by atoms with Gasteiger partial charge in [0.15, 0.2) is 5.65 Å². The number of nitrogens with one attached hydrogen (secondary N) is 1. The largest absolute Gasteiger partial charge is 0.398 e. The molecule has 0 atom stereocenters. The number of rotatable bonds is 2. The van der Waals surface area contributed by atoms with Gasteiger partial charge >= 0.3 is 0 Å². The third kappa shape index (κ3) is 2.84. The molecule has 136 valence electrons. The van der Waals surface area contributed by atoms with Crippen LogP contribution in [-0.2, 0) is 17.6 Å². The van der Waals surface area contributed by atoms with Gasteiger partial charge in [0.05, 0.1) is 6.42 Å². The van der Waals surface area contributed by atoms with Crippen LogP contribution in [0.1, 0.15) is 23.2 Å². The lowest BCUT2D eigenvalue weighted by Crippen LogP contribution is -2.38. The number of nitrogens with zero attached hydrogens (tertiary/aromatic N) is 3. The van der Waals surface area contributed by atoms with Crippen molar-refractivity contribution in [2.45, 2.75) is 26.2 Å². The van der Waals surface area contributed by atoms with Gasteiger partial charge in [0.1, 0.15) is 0 Å². The summed E-state index contributed by atoms with van der Waals surface area (Å²) in [6.45, 7) is 2.40. The minimum atomic E-state index is -0.231. The van der Waals surface area contributed by atoms with Gasteiger partial charge in [-0.05, 0) is 37.5 Å². The van der Waals surface area contributed by atoms with Gasteiger partial charge in [-0.25, -0.2) is 9.50 Å². The van der Waals surface area contributed by atoms with Crippen molar-refractivity contribution in [2.24, 2.45) is 0 Å². The van der Waals surface area contributed by atoms with Crippen molar-refractivity contribution in [3.8, 4) is 0 Å². The van der Waals surface area contributed by atoms with Gasteiger partial charge in [-0.15, -0.1) is 12.4 Å². The Balaban J connectivity index is 0.00000196. The lowest BCUT2D eigenvalue weighted by Gasteiger charge is -2.30. The fourth-order valence-corrected chi connectivity index (χ4v) is 3.47. The molecular weight excluding hydrogens is 354 g/mol. The van der Waals surface area contributed by atoms with Crippen LogP contribution < -0.4 is 16.2 Å². The first kappa shape index (κ1) is 18.0. The van der Waals surface area contributed by atoms with E-state index in [-0.39, 0.29) is 30.3 Å². The Kier molecular flexibility index (Phi) is 4.73. The molecule has 1 aromatic carbocycles. The van der Waals surface area contributed by atoms with Crippen LogP contribution in [0, 0.1) is 6.92 Å². The van der Waals surface area contributed by atoms with Crippen LogP contribution in [0.2, 0.25) is 0 Å². The van der Waals surface area contributed by atoms with E-state index in [1.165, 1.54) is 4.52 Å². The second-order valence-electron chi connectivity index (χ2n) is 6.31. The Bertz CT molecular complexity index is 1040. The summed E-state index contributed by atoms with van der Waals surface area (Å²) in [5.41, 5.74) is 9.94. The quantitative estimate of drug-likeness (QED) is 0.670. The van der Waals surface area contributed by atoms with E-state index in [0.29, 0.717) is 29.1 Å². The predicted octanol–water partition coefficient (Wildman–Crippen LogP) is 1.86. The molecule has 8 heteroatoms. The van der Waals surface area contributed by atoms with Crippen molar-refractivity contribution in [1.29, 1.82) is 0 Å². The van der Waals surface area contributed by atoms with Gasteiger partial charge in [0.25, 0.3) is 5.56 Å². The lowest BCUT2D eigenvalue weighted by molar-refractivity contribution is -0.118. The summed E-state index contributed by atoms with van der Waals surface area (Å²) in [7, 11) is 0. The summed E-state index contributed by atoms with van der Waals surface area (Å²) in [6, 6.07) is 7.34. The van der Waals surface area contributed by atoms with E-state index in [9.17, 15) is 9.59 Å². The van der Waals surface area contributed by atoms with Crippen molar-refractivity contribution in [1.82, 2.24) is 14.6 Å². The monoisotopic (exact) mass is 373 g/mol. The zero-order valence-electron chi connectivity index (χ0n) is 14.4. The third-order valence-electron chi connectivity index (χ3n) is 4.76. The zero-order chi connectivity index (χ0) is 17.6. The number of benzene rings is 1. The Morgan fingerprint density at radius 1 is 1.35 bits per heavy atom. The molecule has 0 radical (unpaired) electrons. The molecule has 26 heavy (non-hydrogen) atoms. The Morgan fingerprint density at radius 3 is 2.96 bits per heavy atom. The molecule has 3 aromatic rings. The van der Waals surface area contributed by atoms with Crippen LogP contribution in [-0.4, -0.2) is 27.0 Å². The van der Waals surface area contributed by atoms with Gasteiger partial charge < -0.3 is 10.6 Å². The van der Waals surface area contributed by atoms with E-state index in [4.69, 9.17) is 5.73 Å². The van der Waals surface area contributed by atoms with Gasteiger partial charge in [-0.2, -0.15) is 0 Å². The SMILES string of the molecule is Cc1nc2cc[nH]n2c(=O)c1CC(=O)N1CCCc2c(N)cccc21.Cl. The minimum absolute atomic E-state index is 0. The summed E-state index contributed by atoms with van der Waals surface area (Å²) in [5, 5.41) is 2.83. The predicted molar refractivity (Wildman–Crippen MR) is 103 cm³/mol. The molecular formula is C18H20ClN5O2. The zero-order valence-corrected chi connectivity index (χ0v) is 15.2. The molecule has 0 fully saturated rings. The summed E-state index contributed by atoms with van der Waals surface area (Å²) in [4.78, 5) is 31.7. The average Bonchev–Trinajstić information content (AvgIpc) is 3.07. The number of aromatic amines is 1. The summed E-state index contributed by atoms with van der Waals surface area (Å²) >= 11 is 0. The molecule has 3 N–H and O–H groups in total. The second-order valence-corrected chi connectivity index (χ2v) is 6.31. The number of hydrogen-bond acceptors (Lipinski definition) is 4. The number of fused-ring (bicyclic) bond motifs is 2. The van der Waals surface area contributed by atoms with E-state index in [2.05, 4.69) is 10.1 Å². The van der Waals surface area contributed by atoms with Crippen LogP contribution in [0.15, 0.2) is 35.3 Å². The molecule has 4 rings (SSSR count). The highest BCUT2D eigenvalue weighted by Crippen LogP contribution is 2.31. The van der Waals surface area contributed by atoms with Gasteiger partial charge in [0, 0.05) is 41.4 Å². The van der Waals surface area contributed by atoms with E-state index in [1.807, 2.05) is 18.2 Å². The van der Waals surface area contributed by atoms with Crippen molar-refractivity contribution in [2.75, 3.05) is 17.2 Å². The summed E-state index contributed by atoms with van der Waals surface area (Å²) in [6.07, 6.45) is 3.40. The van der Waals surface area contributed by atoms with Gasteiger partial charge in [-0.1, -0.05) is 6.07 Å². The van der Waals surface area contributed by atoms with Crippen LogP contribution >= 0.6 is 12.4 Å². The van der Waals surface area contributed by atoms with Crippen molar-refractivity contribution in [3.63, 3.8) is 0 Å². The normalized spacial score (nSPS) is 13.3. The topological polar surface area (TPSA) is 96.5 Å². The van der Waals surface area contributed by atoms with Gasteiger partial charge in [0.2, 0.25) is 5.91 Å². The Hall–Kier alpha value is -2.80. The average molecular weight is 374 g/mol. The first-order valence-corrected chi connectivity index (χ1v) is 8.29. The number of nitrogens with two attached hydrogens (primary N) is 1. The molecule has 0 bridgehead atoms. The molecule has 0 unspecified atom stereocenters. The molecule has 3 heterocycles. The summed E-state index contributed by atoms with van der Waals surface area (Å²) < 4.78 is 1.36. The van der Waals surface area contributed by atoms with Gasteiger partial charge in [-0.3, -0.25) is 14.7 Å². The van der Waals surface area contributed by atoms with E-state index < -0.39 is 0 Å². The molecule has 2 aromatic heterocycles. The Morgan fingerprint density at radius 2 is 2.15 bits per heavy atom. The highest BCUT2D eigenvalue weighted by Gasteiger charge is 2.25. The first-order chi connectivity index (χ1) is 12.1. The molecule has 7 nitrogen and oxygen atoms in total.